The zero-order valence-electron chi connectivity index (χ0n) is 16.0. The molecule has 0 aromatic carbocycles. The molecule has 3 heterocycles. The Bertz CT molecular complexity index is 1230. The second kappa shape index (κ2) is 7.69. The number of aromatic nitrogens is 5. The summed E-state index contributed by atoms with van der Waals surface area (Å²) in [5.41, 5.74) is 0.0366. The predicted octanol–water partition coefficient (Wildman–Crippen LogP) is -1.01. The molecule has 0 unspecified atom stereocenters. The largest absolute Gasteiger partial charge is 0.319 e. The van der Waals surface area contributed by atoms with Crippen molar-refractivity contribution in [3.8, 4) is 0 Å². The molecule has 3 aromatic heterocycles. The molecule has 0 saturated carbocycles. The SMILES string of the molecule is CN(C)CCn1cnc2c(c(C(=O)Nc3ccc(S(N)(=O)=O)nc3)nn2C)c1=O. The van der Waals surface area contributed by atoms with Crippen LogP contribution in [0.15, 0.2) is 34.5 Å². The van der Waals surface area contributed by atoms with E-state index in [2.05, 4.69) is 20.4 Å². The molecule has 0 atom stereocenters. The number of anilines is 1. The van der Waals surface area contributed by atoms with E-state index in [1.54, 1.807) is 7.05 Å². The van der Waals surface area contributed by atoms with Crippen molar-refractivity contribution in [3.63, 3.8) is 0 Å². The van der Waals surface area contributed by atoms with Crippen LogP contribution in [0.3, 0.4) is 0 Å². The molecule has 0 fully saturated rings. The molecule has 0 aliphatic rings. The summed E-state index contributed by atoms with van der Waals surface area (Å²) in [6.07, 6.45) is 2.57. The number of sulfonamides is 1. The number of amides is 1. The lowest BCUT2D eigenvalue weighted by Gasteiger charge is -2.10. The second-order valence-electron chi connectivity index (χ2n) is 6.60. The van der Waals surface area contributed by atoms with Crippen LogP contribution >= 0.6 is 0 Å². The quantitative estimate of drug-likeness (QED) is 0.513. The molecule has 1 amide bonds. The number of aryl methyl sites for hydroxylation is 1. The zero-order chi connectivity index (χ0) is 21.3. The third-order valence-corrected chi connectivity index (χ3v) is 4.92. The average Bonchev–Trinajstić information content (AvgIpc) is 2.98. The van der Waals surface area contributed by atoms with Gasteiger partial charge in [0.2, 0.25) is 0 Å². The molecular formula is C16H20N8O4S. The Labute approximate surface area is 166 Å². The van der Waals surface area contributed by atoms with Gasteiger partial charge in [-0.1, -0.05) is 0 Å². The molecule has 3 rings (SSSR count). The Morgan fingerprint density at radius 1 is 1.28 bits per heavy atom. The second-order valence-corrected chi connectivity index (χ2v) is 8.11. The summed E-state index contributed by atoms with van der Waals surface area (Å²) in [5.74, 6) is -0.648. The zero-order valence-corrected chi connectivity index (χ0v) is 16.8. The molecule has 0 bridgehead atoms. The van der Waals surface area contributed by atoms with Crippen molar-refractivity contribution in [2.24, 2.45) is 12.2 Å². The number of fused-ring (bicyclic) bond motifs is 1. The standard InChI is InChI=1S/C16H20N8O4S/c1-22(2)6-7-24-9-19-14-12(16(24)26)13(21-23(14)3)15(25)20-10-4-5-11(18-8-10)29(17,27)28/h4-5,8-9H,6-7H2,1-3H3,(H,20,25)(H2,17,27,28). The lowest BCUT2D eigenvalue weighted by atomic mass is 10.2. The molecule has 3 N–H and O–H groups in total. The minimum absolute atomic E-state index is 0.0882. The summed E-state index contributed by atoms with van der Waals surface area (Å²) in [7, 11) is 1.41. The van der Waals surface area contributed by atoms with E-state index < -0.39 is 15.9 Å². The topological polar surface area (TPSA) is 158 Å². The van der Waals surface area contributed by atoms with E-state index in [-0.39, 0.29) is 33.0 Å². The van der Waals surface area contributed by atoms with Crippen LogP contribution in [0.5, 0.6) is 0 Å². The molecule has 3 aromatic rings. The number of pyridine rings is 1. The maximum atomic E-state index is 12.9. The predicted molar refractivity (Wildman–Crippen MR) is 105 cm³/mol. The van der Waals surface area contributed by atoms with Crippen molar-refractivity contribution in [1.29, 1.82) is 0 Å². The summed E-state index contributed by atoms with van der Waals surface area (Å²) in [6.45, 7) is 1.03. The fraction of sp³-hybridized carbons (Fsp3) is 0.312. The lowest BCUT2D eigenvalue weighted by molar-refractivity contribution is 0.102. The van der Waals surface area contributed by atoms with E-state index in [1.165, 1.54) is 21.6 Å². The third-order valence-electron chi connectivity index (χ3n) is 4.10. The lowest BCUT2D eigenvalue weighted by Crippen LogP contribution is -2.27. The molecule has 154 valence electrons. The number of carbonyl (C=O) groups excluding carboxylic acids is 1. The van der Waals surface area contributed by atoms with Crippen LogP contribution in [-0.2, 0) is 23.6 Å². The van der Waals surface area contributed by atoms with Crippen LogP contribution < -0.4 is 16.0 Å². The van der Waals surface area contributed by atoms with Gasteiger partial charge in [0.05, 0.1) is 11.9 Å². The summed E-state index contributed by atoms with van der Waals surface area (Å²) in [6, 6.07) is 2.50. The number of nitrogens with two attached hydrogens (primary N) is 1. The minimum Gasteiger partial charge on any atom is -0.319 e. The number of likely N-dealkylation sites (N-methyl/N-ethyl adjacent to an activating group) is 1. The number of hydrogen-bond donors (Lipinski definition) is 2. The maximum absolute atomic E-state index is 12.9. The Hall–Kier alpha value is -3.16. The summed E-state index contributed by atoms with van der Waals surface area (Å²) >= 11 is 0. The van der Waals surface area contributed by atoms with Gasteiger partial charge in [0.1, 0.15) is 11.7 Å². The summed E-state index contributed by atoms with van der Waals surface area (Å²) in [5, 5.41) is 11.4. The number of carbonyl (C=O) groups is 1. The Morgan fingerprint density at radius 2 is 2.00 bits per heavy atom. The average molecular weight is 420 g/mol. The van der Waals surface area contributed by atoms with E-state index in [0.29, 0.717) is 13.1 Å². The first-order valence-electron chi connectivity index (χ1n) is 8.45. The van der Waals surface area contributed by atoms with E-state index >= 15 is 0 Å². The Kier molecular flexibility index (Phi) is 5.46. The highest BCUT2D eigenvalue weighted by Gasteiger charge is 2.21. The number of nitrogens with one attached hydrogen (secondary N) is 1. The van der Waals surface area contributed by atoms with Crippen molar-refractivity contribution in [3.05, 3.63) is 40.7 Å². The van der Waals surface area contributed by atoms with Crippen molar-refractivity contribution in [1.82, 2.24) is 29.2 Å². The van der Waals surface area contributed by atoms with Crippen LogP contribution in [0.1, 0.15) is 10.5 Å². The number of nitrogens with zero attached hydrogens (tertiary/aromatic N) is 6. The van der Waals surface area contributed by atoms with Crippen molar-refractivity contribution in [2.45, 2.75) is 11.6 Å². The van der Waals surface area contributed by atoms with Crippen molar-refractivity contribution >= 4 is 32.7 Å². The smallest absolute Gasteiger partial charge is 0.277 e. The van der Waals surface area contributed by atoms with Gasteiger partial charge in [-0.2, -0.15) is 5.10 Å². The van der Waals surface area contributed by atoms with E-state index in [4.69, 9.17) is 5.14 Å². The Morgan fingerprint density at radius 3 is 2.59 bits per heavy atom. The Balaban J connectivity index is 1.95. The molecule has 13 heteroatoms. The van der Waals surface area contributed by atoms with Gasteiger partial charge in [0.15, 0.2) is 16.4 Å². The third kappa shape index (κ3) is 4.31. The van der Waals surface area contributed by atoms with Crippen LogP contribution in [-0.4, -0.2) is 64.2 Å². The fourth-order valence-corrected chi connectivity index (χ4v) is 3.08. The van der Waals surface area contributed by atoms with Crippen LogP contribution in [0, 0.1) is 0 Å². The monoisotopic (exact) mass is 420 g/mol. The van der Waals surface area contributed by atoms with Gasteiger partial charge in [-0.3, -0.25) is 14.2 Å². The molecule has 29 heavy (non-hydrogen) atoms. The molecule has 12 nitrogen and oxygen atoms in total. The summed E-state index contributed by atoms with van der Waals surface area (Å²) < 4.78 is 25.3. The van der Waals surface area contributed by atoms with Crippen LogP contribution in [0.4, 0.5) is 5.69 Å². The summed E-state index contributed by atoms with van der Waals surface area (Å²) in [4.78, 5) is 35.4. The highest BCUT2D eigenvalue weighted by Crippen LogP contribution is 2.15. The molecule has 0 saturated heterocycles. The molecule has 0 aliphatic heterocycles. The number of primary sulfonamides is 1. The fourth-order valence-electron chi connectivity index (χ4n) is 2.62. The van der Waals surface area contributed by atoms with Crippen molar-refractivity contribution in [2.75, 3.05) is 26.0 Å². The minimum atomic E-state index is -3.94. The molecule has 0 aliphatic carbocycles. The highest BCUT2D eigenvalue weighted by atomic mass is 32.2. The van der Waals surface area contributed by atoms with Gasteiger partial charge in [-0.05, 0) is 26.2 Å². The van der Waals surface area contributed by atoms with Gasteiger partial charge < -0.3 is 10.2 Å². The first-order valence-corrected chi connectivity index (χ1v) is 9.99. The number of hydrogen-bond acceptors (Lipinski definition) is 8. The van der Waals surface area contributed by atoms with Gasteiger partial charge in [-0.15, -0.1) is 0 Å². The van der Waals surface area contributed by atoms with Crippen molar-refractivity contribution < 1.29 is 13.2 Å². The van der Waals surface area contributed by atoms with Gasteiger partial charge in [0, 0.05) is 20.1 Å². The first kappa shape index (κ1) is 20.6. The van der Waals surface area contributed by atoms with E-state index in [0.717, 1.165) is 12.3 Å². The van der Waals surface area contributed by atoms with Crippen LogP contribution in [0.25, 0.3) is 11.0 Å². The normalized spacial score (nSPS) is 11.9. The van der Waals surface area contributed by atoms with Crippen LogP contribution in [0.2, 0.25) is 0 Å². The van der Waals surface area contributed by atoms with E-state index in [9.17, 15) is 18.0 Å². The highest BCUT2D eigenvalue weighted by molar-refractivity contribution is 7.89. The van der Waals surface area contributed by atoms with Gasteiger partial charge >= 0.3 is 0 Å². The number of rotatable bonds is 6. The van der Waals surface area contributed by atoms with Gasteiger partial charge in [0.25, 0.3) is 21.5 Å². The van der Waals surface area contributed by atoms with Gasteiger partial charge in [-0.25, -0.2) is 28.2 Å². The maximum Gasteiger partial charge on any atom is 0.277 e. The molecular weight excluding hydrogens is 400 g/mol. The molecule has 0 spiro atoms. The first-order chi connectivity index (χ1) is 13.6. The van der Waals surface area contributed by atoms with E-state index in [1.807, 2.05) is 19.0 Å². The molecule has 0 radical (unpaired) electrons.